The molecular weight excluding hydrogens is 212 g/mol. The van der Waals surface area contributed by atoms with Crippen LogP contribution in [0.4, 0.5) is 5.69 Å². The molecule has 4 nitrogen and oxygen atoms in total. The van der Waals surface area contributed by atoms with Crippen molar-refractivity contribution in [1.29, 1.82) is 0 Å². The van der Waals surface area contributed by atoms with Crippen LogP contribution in [0.1, 0.15) is 5.69 Å². The third-order valence-electron chi connectivity index (χ3n) is 3.30. The number of rotatable bonds is 2. The molecule has 0 radical (unpaired) electrons. The Morgan fingerprint density at radius 2 is 2.00 bits per heavy atom. The number of hydrogen-bond donors (Lipinski definition) is 3. The first-order chi connectivity index (χ1) is 8.31. The SMILES string of the molecule is Nc1ccc2[nH]c(CN3CCNCC3)cc2c1. The summed E-state index contributed by atoms with van der Waals surface area (Å²) in [6.07, 6.45) is 0. The predicted molar refractivity (Wildman–Crippen MR) is 70.9 cm³/mol. The predicted octanol–water partition coefficient (Wildman–Crippen LogP) is 1.16. The third kappa shape index (κ3) is 2.28. The Hall–Kier alpha value is -1.52. The molecule has 0 unspecified atom stereocenters. The molecule has 0 spiro atoms. The monoisotopic (exact) mass is 230 g/mol. The summed E-state index contributed by atoms with van der Waals surface area (Å²) in [5.41, 5.74) is 9.05. The molecule has 90 valence electrons. The smallest absolute Gasteiger partial charge is 0.0457 e. The average molecular weight is 230 g/mol. The largest absolute Gasteiger partial charge is 0.399 e. The maximum Gasteiger partial charge on any atom is 0.0457 e. The van der Waals surface area contributed by atoms with Crippen LogP contribution in [0.25, 0.3) is 10.9 Å². The number of nitrogens with zero attached hydrogens (tertiary/aromatic N) is 1. The van der Waals surface area contributed by atoms with E-state index in [-0.39, 0.29) is 0 Å². The lowest BCUT2D eigenvalue weighted by atomic mass is 10.2. The van der Waals surface area contributed by atoms with E-state index >= 15 is 0 Å². The summed E-state index contributed by atoms with van der Waals surface area (Å²) < 4.78 is 0. The maximum atomic E-state index is 5.78. The molecule has 1 aliphatic rings. The van der Waals surface area contributed by atoms with E-state index < -0.39 is 0 Å². The van der Waals surface area contributed by atoms with Crippen molar-refractivity contribution in [3.05, 3.63) is 30.0 Å². The maximum absolute atomic E-state index is 5.78. The molecule has 1 aliphatic heterocycles. The first kappa shape index (κ1) is 10.6. The lowest BCUT2D eigenvalue weighted by Crippen LogP contribution is -2.42. The number of fused-ring (bicyclic) bond motifs is 1. The number of nitrogens with one attached hydrogen (secondary N) is 2. The van der Waals surface area contributed by atoms with E-state index in [0.717, 1.165) is 38.4 Å². The fourth-order valence-electron chi connectivity index (χ4n) is 2.41. The molecule has 1 saturated heterocycles. The number of H-pyrrole nitrogens is 1. The van der Waals surface area contributed by atoms with Crippen LogP contribution in [0.5, 0.6) is 0 Å². The van der Waals surface area contributed by atoms with Crippen molar-refractivity contribution >= 4 is 16.6 Å². The van der Waals surface area contributed by atoms with Crippen LogP contribution in [0.2, 0.25) is 0 Å². The molecule has 1 aromatic heterocycles. The van der Waals surface area contributed by atoms with Gasteiger partial charge in [-0.25, -0.2) is 0 Å². The number of aromatic nitrogens is 1. The van der Waals surface area contributed by atoms with E-state index in [9.17, 15) is 0 Å². The van der Waals surface area contributed by atoms with Gasteiger partial charge in [-0.05, 0) is 24.3 Å². The topological polar surface area (TPSA) is 57.1 Å². The summed E-state index contributed by atoms with van der Waals surface area (Å²) in [6, 6.07) is 8.21. The van der Waals surface area contributed by atoms with Crippen LogP contribution in [-0.4, -0.2) is 36.1 Å². The summed E-state index contributed by atoms with van der Waals surface area (Å²) in [7, 11) is 0. The second-order valence-electron chi connectivity index (χ2n) is 4.67. The molecule has 4 heteroatoms. The third-order valence-corrected chi connectivity index (χ3v) is 3.30. The van der Waals surface area contributed by atoms with E-state index in [0.29, 0.717) is 0 Å². The van der Waals surface area contributed by atoms with E-state index in [1.54, 1.807) is 0 Å². The quantitative estimate of drug-likeness (QED) is 0.678. The molecule has 0 atom stereocenters. The van der Waals surface area contributed by atoms with Gasteiger partial charge in [-0.2, -0.15) is 0 Å². The minimum Gasteiger partial charge on any atom is -0.399 e. The van der Waals surface area contributed by atoms with Crippen molar-refractivity contribution in [2.24, 2.45) is 0 Å². The van der Waals surface area contributed by atoms with Gasteiger partial charge in [0, 0.05) is 55.0 Å². The van der Waals surface area contributed by atoms with Crippen LogP contribution in [0, 0.1) is 0 Å². The highest BCUT2D eigenvalue weighted by molar-refractivity contribution is 5.83. The van der Waals surface area contributed by atoms with E-state index in [2.05, 4.69) is 21.3 Å². The standard InChI is InChI=1S/C13H18N4/c14-11-1-2-13-10(7-11)8-12(16-13)9-17-5-3-15-4-6-17/h1-2,7-8,15-16H,3-6,9,14H2. The second-order valence-corrected chi connectivity index (χ2v) is 4.67. The fourth-order valence-corrected chi connectivity index (χ4v) is 2.41. The highest BCUT2D eigenvalue weighted by Crippen LogP contribution is 2.19. The van der Waals surface area contributed by atoms with Gasteiger partial charge in [0.05, 0.1) is 0 Å². The molecule has 0 bridgehead atoms. The lowest BCUT2D eigenvalue weighted by Gasteiger charge is -2.26. The minimum absolute atomic E-state index is 0.824. The first-order valence-corrected chi connectivity index (χ1v) is 6.11. The van der Waals surface area contributed by atoms with Crippen molar-refractivity contribution in [3.63, 3.8) is 0 Å². The van der Waals surface area contributed by atoms with Gasteiger partial charge >= 0.3 is 0 Å². The van der Waals surface area contributed by atoms with Gasteiger partial charge in [-0.1, -0.05) is 0 Å². The van der Waals surface area contributed by atoms with Gasteiger partial charge in [-0.3, -0.25) is 4.90 Å². The second kappa shape index (κ2) is 4.39. The summed E-state index contributed by atoms with van der Waals surface area (Å²) in [5, 5.41) is 4.57. The molecule has 1 fully saturated rings. The molecule has 0 saturated carbocycles. The van der Waals surface area contributed by atoms with Gasteiger partial charge in [0.25, 0.3) is 0 Å². The first-order valence-electron chi connectivity index (χ1n) is 6.11. The van der Waals surface area contributed by atoms with Crippen LogP contribution < -0.4 is 11.1 Å². The Morgan fingerprint density at radius 1 is 1.18 bits per heavy atom. The van der Waals surface area contributed by atoms with Crippen LogP contribution >= 0.6 is 0 Å². The Morgan fingerprint density at radius 3 is 2.82 bits per heavy atom. The summed E-state index contributed by atoms with van der Waals surface area (Å²) in [6.45, 7) is 5.42. The van der Waals surface area contributed by atoms with Crippen molar-refractivity contribution in [3.8, 4) is 0 Å². The lowest BCUT2D eigenvalue weighted by molar-refractivity contribution is 0.231. The molecule has 0 amide bonds. The number of piperazine rings is 1. The summed E-state index contributed by atoms with van der Waals surface area (Å²) in [5.74, 6) is 0. The van der Waals surface area contributed by atoms with Crippen molar-refractivity contribution < 1.29 is 0 Å². The Labute approximate surface area is 101 Å². The fraction of sp³-hybridized carbons (Fsp3) is 0.385. The molecular formula is C13H18N4. The zero-order valence-electron chi connectivity index (χ0n) is 9.87. The minimum atomic E-state index is 0.824. The van der Waals surface area contributed by atoms with E-state index in [4.69, 9.17) is 5.73 Å². The molecule has 1 aromatic carbocycles. The normalized spacial score (nSPS) is 17.6. The number of hydrogen-bond acceptors (Lipinski definition) is 3. The molecule has 2 heterocycles. The number of aromatic amines is 1. The highest BCUT2D eigenvalue weighted by atomic mass is 15.2. The molecule has 4 N–H and O–H groups in total. The molecule has 3 rings (SSSR count). The number of benzene rings is 1. The van der Waals surface area contributed by atoms with Gasteiger partial charge in [-0.15, -0.1) is 0 Å². The Bertz CT molecular complexity index is 511. The van der Waals surface area contributed by atoms with Crippen LogP contribution in [-0.2, 0) is 6.54 Å². The van der Waals surface area contributed by atoms with Gasteiger partial charge < -0.3 is 16.0 Å². The van der Waals surface area contributed by atoms with Crippen molar-refractivity contribution in [2.45, 2.75) is 6.54 Å². The zero-order valence-corrected chi connectivity index (χ0v) is 9.87. The van der Waals surface area contributed by atoms with Crippen molar-refractivity contribution in [1.82, 2.24) is 15.2 Å². The number of nitrogen functional groups attached to an aromatic ring is 1. The summed E-state index contributed by atoms with van der Waals surface area (Å²) in [4.78, 5) is 5.92. The van der Waals surface area contributed by atoms with Gasteiger partial charge in [0.15, 0.2) is 0 Å². The molecule has 0 aliphatic carbocycles. The van der Waals surface area contributed by atoms with Gasteiger partial charge in [0.1, 0.15) is 0 Å². The highest BCUT2D eigenvalue weighted by Gasteiger charge is 2.11. The number of nitrogens with two attached hydrogens (primary N) is 1. The Balaban J connectivity index is 1.80. The van der Waals surface area contributed by atoms with Crippen LogP contribution in [0.15, 0.2) is 24.3 Å². The zero-order chi connectivity index (χ0) is 11.7. The molecule has 17 heavy (non-hydrogen) atoms. The number of anilines is 1. The van der Waals surface area contributed by atoms with Crippen LogP contribution in [0.3, 0.4) is 0 Å². The average Bonchev–Trinajstić information content (AvgIpc) is 2.71. The summed E-state index contributed by atoms with van der Waals surface area (Å²) >= 11 is 0. The van der Waals surface area contributed by atoms with Crippen molar-refractivity contribution in [2.75, 3.05) is 31.9 Å². The Kier molecular flexibility index (Phi) is 2.74. The van der Waals surface area contributed by atoms with E-state index in [1.807, 2.05) is 18.2 Å². The molecule has 2 aromatic rings. The van der Waals surface area contributed by atoms with E-state index in [1.165, 1.54) is 16.6 Å². The van der Waals surface area contributed by atoms with Gasteiger partial charge in [0.2, 0.25) is 0 Å².